The quantitative estimate of drug-likeness (QED) is 0.421. The average molecular weight is 343 g/mol. The molecule has 0 saturated carbocycles. The Labute approximate surface area is 146 Å². The van der Waals surface area contributed by atoms with Crippen molar-refractivity contribution < 1.29 is 0 Å². The van der Waals surface area contributed by atoms with Gasteiger partial charge in [0.2, 0.25) is 0 Å². The number of nitrogens with zero attached hydrogens (tertiary/aromatic N) is 2. The number of unbranched alkanes of at least 4 members (excludes halogenated alkanes) is 4. The molecule has 1 rings (SSSR count). The number of halogens is 2. The molecule has 0 amide bonds. The molecule has 4 heteroatoms. The van der Waals surface area contributed by atoms with Crippen molar-refractivity contribution in [1.29, 1.82) is 0 Å². The van der Waals surface area contributed by atoms with Crippen molar-refractivity contribution in [2.24, 2.45) is 0 Å². The minimum Gasteiger partial charge on any atom is -0.297 e. The molecule has 0 aromatic heterocycles. The van der Waals surface area contributed by atoms with Crippen molar-refractivity contribution in [3.8, 4) is 0 Å². The largest absolute Gasteiger partial charge is 0.297 e. The van der Waals surface area contributed by atoms with E-state index in [9.17, 15) is 0 Å². The zero-order valence-electron chi connectivity index (χ0n) is 13.8. The van der Waals surface area contributed by atoms with E-state index in [2.05, 4.69) is 30.6 Å². The molecule has 0 saturated heterocycles. The van der Waals surface area contributed by atoms with Crippen LogP contribution in [0.25, 0.3) is 0 Å². The van der Waals surface area contributed by atoms with E-state index < -0.39 is 0 Å². The molecule has 0 atom stereocenters. The summed E-state index contributed by atoms with van der Waals surface area (Å²) in [7, 11) is 0. The van der Waals surface area contributed by atoms with Crippen LogP contribution >= 0.6 is 23.2 Å². The van der Waals surface area contributed by atoms with E-state index in [1.807, 2.05) is 12.1 Å². The molecule has 0 unspecified atom stereocenters. The van der Waals surface area contributed by atoms with Gasteiger partial charge in [0.15, 0.2) is 0 Å². The summed E-state index contributed by atoms with van der Waals surface area (Å²) in [4.78, 5) is 2.42. The van der Waals surface area contributed by atoms with Crippen LogP contribution in [0.3, 0.4) is 0 Å². The van der Waals surface area contributed by atoms with Crippen LogP contribution in [0, 0.1) is 6.54 Å². The van der Waals surface area contributed by atoms with Gasteiger partial charge in [0.25, 0.3) is 0 Å². The average Bonchev–Trinajstić information content (AvgIpc) is 2.46. The highest BCUT2D eigenvalue weighted by atomic mass is 35.5. The number of rotatable bonds is 12. The van der Waals surface area contributed by atoms with Crippen molar-refractivity contribution in [3.63, 3.8) is 0 Å². The molecule has 2 radical (unpaired) electrons. The predicted molar refractivity (Wildman–Crippen MR) is 98.0 cm³/mol. The standard InChI is InChI=1S/C18H28Cl2N2/c1-3-5-7-10-22(11-8-6-4-2)12-9-21-18-14-16(19)13-17(20)15-18/h12-15H,3-11H2,1-2H3. The minimum atomic E-state index is 0.633. The van der Waals surface area contributed by atoms with E-state index >= 15 is 0 Å². The summed E-state index contributed by atoms with van der Waals surface area (Å²) in [5.74, 6) is 0. The van der Waals surface area contributed by atoms with E-state index in [-0.39, 0.29) is 0 Å². The van der Waals surface area contributed by atoms with Gasteiger partial charge in [0.1, 0.15) is 0 Å². The van der Waals surface area contributed by atoms with E-state index in [4.69, 9.17) is 23.2 Å². The molecule has 1 aromatic rings. The Bertz CT molecular complexity index is 380. The van der Waals surface area contributed by atoms with Crippen molar-refractivity contribution in [2.75, 3.05) is 19.6 Å². The first kappa shape index (κ1) is 19.6. The first-order valence-electron chi connectivity index (χ1n) is 8.36. The van der Waals surface area contributed by atoms with Crippen LogP contribution in [-0.4, -0.2) is 24.5 Å². The Morgan fingerprint density at radius 3 is 1.95 bits per heavy atom. The SMILES string of the molecule is CCCCCN([CH]C[N]c1cc(Cl)cc(Cl)c1)CCCCC. The number of hydrogen-bond donors (Lipinski definition) is 0. The molecule has 0 aliphatic heterocycles. The summed E-state index contributed by atoms with van der Waals surface area (Å²) in [6, 6.07) is 5.42. The zero-order valence-corrected chi connectivity index (χ0v) is 15.3. The first-order valence-corrected chi connectivity index (χ1v) is 9.12. The first-order chi connectivity index (χ1) is 10.7. The third-order valence-electron chi connectivity index (χ3n) is 3.56. The number of benzene rings is 1. The van der Waals surface area contributed by atoms with Gasteiger partial charge in [-0.05, 0) is 44.1 Å². The molecular weight excluding hydrogens is 315 g/mol. The topological polar surface area (TPSA) is 17.3 Å². The molecule has 0 aliphatic rings. The third-order valence-corrected chi connectivity index (χ3v) is 4.00. The maximum absolute atomic E-state index is 6.00. The monoisotopic (exact) mass is 342 g/mol. The van der Waals surface area contributed by atoms with Gasteiger partial charge in [-0.3, -0.25) is 10.2 Å². The Kier molecular flexibility index (Phi) is 10.7. The Balaban J connectivity index is 2.36. The highest BCUT2D eigenvalue weighted by Gasteiger charge is 2.06. The molecule has 0 N–H and O–H groups in total. The molecule has 1 aromatic carbocycles. The van der Waals surface area contributed by atoms with Gasteiger partial charge in [-0.1, -0.05) is 62.7 Å². The Morgan fingerprint density at radius 2 is 1.45 bits per heavy atom. The lowest BCUT2D eigenvalue weighted by Crippen LogP contribution is -2.26. The van der Waals surface area contributed by atoms with E-state index in [0.29, 0.717) is 16.6 Å². The van der Waals surface area contributed by atoms with E-state index in [1.54, 1.807) is 6.07 Å². The summed E-state index contributed by atoms with van der Waals surface area (Å²) in [6.45, 7) is 9.62. The summed E-state index contributed by atoms with van der Waals surface area (Å²) >= 11 is 12.0. The lowest BCUT2D eigenvalue weighted by atomic mass is 10.2. The second kappa shape index (κ2) is 12.0. The normalized spacial score (nSPS) is 11.1. The van der Waals surface area contributed by atoms with Crippen LogP contribution in [0.5, 0.6) is 0 Å². The van der Waals surface area contributed by atoms with Crippen molar-refractivity contribution >= 4 is 28.9 Å². The number of hydrogen-bond acceptors (Lipinski definition) is 1. The highest BCUT2D eigenvalue weighted by molar-refractivity contribution is 6.35. The van der Waals surface area contributed by atoms with E-state index in [0.717, 1.165) is 18.8 Å². The van der Waals surface area contributed by atoms with Crippen LogP contribution in [0.2, 0.25) is 10.0 Å². The Morgan fingerprint density at radius 1 is 0.909 bits per heavy atom. The van der Waals surface area contributed by atoms with Crippen LogP contribution < -0.4 is 5.32 Å². The zero-order chi connectivity index (χ0) is 16.2. The molecule has 0 spiro atoms. The fraction of sp³-hybridized carbons (Fsp3) is 0.611. The second-order valence-electron chi connectivity index (χ2n) is 5.60. The van der Waals surface area contributed by atoms with Gasteiger partial charge in [-0.15, -0.1) is 0 Å². The summed E-state index contributed by atoms with van der Waals surface area (Å²) in [5, 5.41) is 5.82. The van der Waals surface area contributed by atoms with Crippen LogP contribution in [0.1, 0.15) is 52.4 Å². The smallest absolute Gasteiger partial charge is 0.0604 e. The van der Waals surface area contributed by atoms with Gasteiger partial charge in [-0.2, -0.15) is 0 Å². The lowest BCUT2D eigenvalue weighted by Gasteiger charge is -2.21. The molecule has 2 nitrogen and oxygen atoms in total. The molecular formula is C18H28Cl2N2. The Hall–Kier alpha value is -0.440. The molecule has 0 fully saturated rings. The highest BCUT2D eigenvalue weighted by Crippen LogP contribution is 2.22. The van der Waals surface area contributed by atoms with Gasteiger partial charge in [-0.25, -0.2) is 0 Å². The van der Waals surface area contributed by atoms with Gasteiger partial charge in [0, 0.05) is 16.6 Å². The molecule has 0 heterocycles. The maximum Gasteiger partial charge on any atom is 0.0604 e. The summed E-state index contributed by atoms with van der Waals surface area (Å²) in [5.41, 5.74) is 0.843. The molecule has 0 aliphatic carbocycles. The fourth-order valence-corrected chi connectivity index (χ4v) is 2.83. The van der Waals surface area contributed by atoms with Crippen molar-refractivity contribution in [1.82, 2.24) is 10.2 Å². The summed E-state index contributed by atoms with van der Waals surface area (Å²) < 4.78 is 0. The van der Waals surface area contributed by atoms with Crippen LogP contribution in [0.4, 0.5) is 5.69 Å². The summed E-state index contributed by atoms with van der Waals surface area (Å²) in [6.07, 6.45) is 7.60. The van der Waals surface area contributed by atoms with Gasteiger partial charge < -0.3 is 0 Å². The fourth-order valence-electron chi connectivity index (χ4n) is 2.32. The van der Waals surface area contributed by atoms with Crippen molar-refractivity contribution in [3.05, 3.63) is 34.8 Å². The van der Waals surface area contributed by atoms with Gasteiger partial charge in [0.05, 0.1) is 12.2 Å². The third kappa shape index (κ3) is 8.87. The van der Waals surface area contributed by atoms with Crippen LogP contribution in [-0.2, 0) is 0 Å². The molecule has 0 bridgehead atoms. The maximum atomic E-state index is 6.00. The second-order valence-corrected chi connectivity index (χ2v) is 6.47. The van der Waals surface area contributed by atoms with E-state index in [1.165, 1.54) is 38.5 Å². The minimum absolute atomic E-state index is 0.633. The molecule has 22 heavy (non-hydrogen) atoms. The lowest BCUT2D eigenvalue weighted by molar-refractivity contribution is 0.312. The van der Waals surface area contributed by atoms with Crippen LogP contribution in [0.15, 0.2) is 18.2 Å². The van der Waals surface area contributed by atoms with Gasteiger partial charge >= 0.3 is 0 Å². The predicted octanol–water partition coefficient (Wildman–Crippen LogP) is 6.07. The molecule has 124 valence electrons. The van der Waals surface area contributed by atoms with Crippen molar-refractivity contribution in [2.45, 2.75) is 52.4 Å².